The fourth-order valence-corrected chi connectivity index (χ4v) is 2.63. The van der Waals surface area contributed by atoms with E-state index < -0.39 is 11.7 Å². The molecule has 3 aromatic rings. The molecule has 0 amide bonds. The molecule has 0 fully saturated rings. The van der Waals surface area contributed by atoms with Crippen molar-refractivity contribution < 1.29 is 22.4 Å². The molecule has 7 heteroatoms. The molecule has 2 aromatic carbocycles. The Hall–Kier alpha value is -2.83. The van der Waals surface area contributed by atoms with Crippen molar-refractivity contribution in [3.05, 3.63) is 64.5 Å². The van der Waals surface area contributed by atoms with Crippen molar-refractivity contribution in [1.29, 1.82) is 0 Å². The number of hydrogen-bond donors (Lipinski definition) is 0. The van der Waals surface area contributed by atoms with E-state index in [1.54, 1.807) is 0 Å². The Balaban J connectivity index is 1.82. The number of hydrogen-bond acceptors (Lipinski definition) is 4. The third kappa shape index (κ3) is 3.71. The summed E-state index contributed by atoms with van der Waals surface area (Å²) >= 11 is 0. The first-order valence-electron chi connectivity index (χ1n) is 7.95. The van der Waals surface area contributed by atoms with Gasteiger partial charge >= 0.3 is 6.18 Å². The molecule has 0 spiro atoms. The summed E-state index contributed by atoms with van der Waals surface area (Å²) in [5.41, 5.74) is 2.16. The maximum atomic E-state index is 13.1. The molecule has 1 heterocycles. The van der Waals surface area contributed by atoms with Gasteiger partial charge in [0.1, 0.15) is 5.75 Å². The highest BCUT2D eigenvalue weighted by atomic mass is 19.4. The Kier molecular flexibility index (Phi) is 4.71. The Bertz CT molecular complexity index is 933. The third-order valence-electron chi connectivity index (χ3n) is 4.05. The zero-order valence-electron chi connectivity index (χ0n) is 14.5. The number of halogens is 3. The lowest BCUT2D eigenvalue weighted by molar-refractivity contribution is -0.137. The van der Waals surface area contributed by atoms with Crippen molar-refractivity contribution in [2.75, 3.05) is 0 Å². The predicted octanol–water partition coefficient (Wildman–Crippen LogP) is 5.26. The second kappa shape index (κ2) is 6.82. The average Bonchev–Trinajstić information content (AvgIpc) is 3.05. The van der Waals surface area contributed by atoms with Gasteiger partial charge in [-0.15, -0.1) is 0 Å². The minimum atomic E-state index is -4.50. The fourth-order valence-electron chi connectivity index (χ4n) is 2.63. The molecule has 4 nitrogen and oxygen atoms in total. The zero-order valence-corrected chi connectivity index (χ0v) is 14.5. The molecule has 0 atom stereocenters. The number of ether oxygens (including phenoxy) is 1. The van der Waals surface area contributed by atoms with E-state index in [0.29, 0.717) is 5.75 Å². The van der Waals surface area contributed by atoms with Crippen LogP contribution in [-0.2, 0) is 12.8 Å². The molecule has 0 radical (unpaired) electrons. The van der Waals surface area contributed by atoms with Crippen LogP contribution in [0, 0.1) is 20.8 Å². The van der Waals surface area contributed by atoms with Gasteiger partial charge in [0.05, 0.1) is 11.1 Å². The minimum absolute atomic E-state index is 0.00141. The van der Waals surface area contributed by atoms with Gasteiger partial charge in [-0.2, -0.15) is 18.2 Å². The maximum absolute atomic E-state index is 13.1. The van der Waals surface area contributed by atoms with Crippen molar-refractivity contribution in [3.8, 4) is 17.2 Å². The van der Waals surface area contributed by atoms with Gasteiger partial charge in [-0.05, 0) is 55.7 Å². The smallest absolute Gasteiger partial charge is 0.417 e. The van der Waals surface area contributed by atoms with Crippen molar-refractivity contribution in [3.63, 3.8) is 0 Å². The Morgan fingerprint density at radius 1 is 1.08 bits per heavy atom. The number of rotatable bonds is 4. The molecule has 0 unspecified atom stereocenters. The van der Waals surface area contributed by atoms with E-state index in [1.807, 2.05) is 32.9 Å². The lowest BCUT2D eigenvalue weighted by atomic mass is 10.1. The molecule has 0 bridgehead atoms. The van der Waals surface area contributed by atoms with Crippen LogP contribution in [0.15, 0.2) is 40.9 Å². The van der Waals surface area contributed by atoms with Crippen LogP contribution in [0.25, 0.3) is 11.5 Å². The maximum Gasteiger partial charge on any atom is 0.417 e. The van der Waals surface area contributed by atoms with Crippen LogP contribution in [0.4, 0.5) is 13.2 Å². The third-order valence-corrected chi connectivity index (χ3v) is 4.05. The number of aromatic nitrogens is 2. The summed E-state index contributed by atoms with van der Waals surface area (Å²) in [5.74, 6) is 0.675. The van der Waals surface area contributed by atoms with Gasteiger partial charge in [-0.25, -0.2) is 0 Å². The highest BCUT2D eigenvalue weighted by molar-refractivity contribution is 5.59. The summed E-state index contributed by atoms with van der Waals surface area (Å²) in [7, 11) is 0. The van der Waals surface area contributed by atoms with Crippen molar-refractivity contribution in [1.82, 2.24) is 10.1 Å². The van der Waals surface area contributed by atoms with Gasteiger partial charge < -0.3 is 9.26 Å². The molecule has 0 aliphatic heterocycles. The summed E-state index contributed by atoms with van der Waals surface area (Å²) in [6.07, 6.45) is -4.50. The van der Waals surface area contributed by atoms with Gasteiger partial charge in [0.2, 0.25) is 5.82 Å². The van der Waals surface area contributed by atoms with E-state index in [-0.39, 0.29) is 23.9 Å². The largest absolute Gasteiger partial charge is 0.485 e. The number of alkyl halides is 3. The van der Waals surface area contributed by atoms with Gasteiger partial charge in [0.25, 0.3) is 5.89 Å². The van der Waals surface area contributed by atoms with Crippen LogP contribution < -0.4 is 4.74 Å². The molecule has 1 aromatic heterocycles. The van der Waals surface area contributed by atoms with Crippen molar-refractivity contribution in [2.24, 2.45) is 0 Å². The van der Waals surface area contributed by atoms with E-state index in [2.05, 4.69) is 10.1 Å². The molecular formula is C19H17F3N2O2. The first-order valence-corrected chi connectivity index (χ1v) is 7.95. The summed E-state index contributed by atoms with van der Waals surface area (Å²) in [6.45, 7) is 5.88. The zero-order chi connectivity index (χ0) is 18.9. The summed E-state index contributed by atoms with van der Waals surface area (Å²) < 4.78 is 50.1. The Morgan fingerprint density at radius 2 is 1.81 bits per heavy atom. The Morgan fingerprint density at radius 3 is 2.54 bits per heavy atom. The molecule has 0 aliphatic carbocycles. The van der Waals surface area contributed by atoms with Crippen molar-refractivity contribution >= 4 is 0 Å². The van der Waals surface area contributed by atoms with E-state index in [9.17, 15) is 13.2 Å². The minimum Gasteiger partial charge on any atom is -0.485 e. The van der Waals surface area contributed by atoms with Crippen LogP contribution in [0.2, 0.25) is 0 Å². The highest BCUT2D eigenvalue weighted by Gasteiger charge is 2.34. The summed E-state index contributed by atoms with van der Waals surface area (Å²) in [6, 6.07) is 9.02. The van der Waals surface area contributed by atoms with E-state index in [4.69, 9.17) is 9.26 Å². The van der Waals surface area contributed by atoms with Gasteiger partial charge in [0, 0.05) is 0 Å². The Labute approximate surface area is 148 Å². The monoisotopic (exact) mass is 362 g/mol. The summed E-state index contributed by atoms with van der Waals surface area (Å²) in [5, 5.41) is 3.73. The van der Waals surface area contributed by atoms with Crippen LogP contribution >= 0.6 is 0 Å². The molecule has 26 heavy (non-hydrogen) atoms. The van der Waals surface area contributed by atoms with Crippen molar-refractivity contribution in [2.45, 2.75) is 33.6 Å². The van der Waals surface area contributed by atoms with Gasteiger partial charge in [0.15, 0.2) is 6.61 Å². The van der Waals surface area contributed by atoms with E-state index >= 15 is 0 Å². The number of aryl methyl sites for hydroxylation is 2. The molecule has 0 N–H and O–H groups in total. The van der Waals surface area contributed by atoms with Gasteiger partial charge in [-0.1, -0.05) is 23.4 Å². The summed E-state index contributed by atoms with van der Waals surface area (Å²) in [4.78, 5) is 4.04. The molecule has 0 aliphatic rings. The quantitative estimate of drug-likeness (QED) is 0.635. The lowest BCUT2D eigenvalue weighted by Crippen LogP contribution is -2.07. The molecular weight excluding hydrogens is 345 g/mol. The molecule has 0 saturated heterocycles. The van der Waals surface area contributed by atoms with Crippen LogP contribution in [0.3, 0.4) is 0 Å². The predicted molar refractivity (Wildman–Crippen MR) is 89.7 cm³/mol. The first-order chi connectivity index (χ1) is 12.3. The average molecular weight is 362 g/mol. The number of benzene rings is 2. The lowest BCUT2D eigenvalue weighted by Gasteiger charge is -2.11. The molecule has 3 rings (SSSR count). The second-order valence-corrected chi connectivity index (χ2v) is 6.05. The van der Waals surface area contributed by atoms with Crippen LogP contribution in [0.1, 0.15) is 28.1 Å². The first kappa shape index (κ1) is 18.0. The van der Waals surface area contributed by atoms with E-state index in [1.165, 1.54) is 18.2 Å². The topological polar surface area (TPSA) is 48.2 Å². The van der Waals surface area contributed by atoms with Gasteiger partial charge in [-0.3, -0.25) is 0 Å². The van der Waals surface area contributed by atoms with Crippen LogP contribution in [-0.4, -0.2) is 10.1 Å². The normalized spacial score (nSPS) is 11.6. The highest BCUT2D eigenvalue weighted by Crippen LogP contribution is 2.36. The van der Waals surface area contributed by atoms with E-state index in [0.717, 1.165) is 22.8 Å². The molecule has 136 valence electrons. The fraction of sp³-hybridized carbons (Fsp3) is 0.263. The molecule has 0 saturated carbocycles. The van der Waals surface area contributed by atoms with Crippen LogP contribution in [0.5, 0.6) is 5.75 Å². The SMILES string of the molecule is Cc1cc(C)c(C)c(OCc2noc(-c3ccccc3C(F)(F)F)n2)c1. The second-order valence-electron chi connectivity index (χ2n) is 6.05. The number of nitrogens with zero attached hydrogens (tertiary/aromatic N) is 2. The standard InChI is InChI=1S/C19H17F3N2O2/c1-11-8-12(2)13(3)16(9-11)25-10-17-23-18(26-24-17)14-6-4-5-7-15(14)19(20,21)22/h4-9H,10H2,1-3H3.